The third-order valence-electron chi connectivity index (χ3n) is 3.12. The minimum absolute atomic E-state index is 0.841. The molecule has 11 heavy (non-hydrogen) atoms. The van der Waals surface area contributed by atoms with Crippen molar-refractivity contribution in [2.75, 3.05) is 10.7 Å². The van der Waals surface area contributed by atoms with Gasteiger partial charge in [-0.3, -0.25) is 0 Å². The van der Waals surface area contributed by atoms with Crippen molar-refractivity contribution in [3.05, 3.63) is 11.6 Å². The normalized spacial score (nSPS) is 41.3. The molecule has 0 aromatic heterocycles. The fourth-order valence-corrected chi connectivity index (χ4v) is 4.33. The Labute approximate surface area is 84.7 Å². The monoisotopic (exact) mass is 278 g/mol. The third kappa shape index (κ3) is 1.23. The van der Waals surface area contributed by atoms with Crippen LogP contribution in [0.5, 0.6) is 0 Å². The molecular formula is C9H12Br2. The maximum absolute atomic E-state index is 3.61. The highest BCUT2D eigenvalue weighted by Crippen LogP contribution is 2.49. The lowest BCUT2D eigenvalue weighted by atomic mass is 9.86. The van der Waals surface area contributed by atoms with E-state index < -0.39 is 0 Å². The molecule has 0 nitrogen and oxygen atoms in total. The molecule has 2 bridgehead atoms. The van der Waals surface area contributed by atoms with E-state index in [1.807, 2.05) is 0 Å². The second-order valence-corrected chi connectivity index (χ2v) is 4.85. The molecule has 2 aliphatic rings. The summed E-state index contributed by atoms with van der Waals surface area (Å²) in [7, 11) is 0. The maximum Gasteiger partial charge on any atom is 0.0100 e. The van der Waals surface area contributed by atoms with Crippen molar-refractivity contribution in [1.82, 2.24) is 0 Å². The van der Waals surface area contributed by atoms with Gasteiger partial charge in [0.25, 0.3) is 0 Å². The van der Waals surface area contributed by atoms with Crippen LogP contribution < -0.4 is 0 Å². The highest BCUT2D eigenvalue weighted by molar-refractivity contribution is 9.09. The number of fused-ring (bicyclic) bond motifs is 2. The first-order valence-corrected chi connectivity index (χ1v) is 6.42. The van der Waals surface area contributed by atoms with Gasteiger partial charge in [-0.1, -0.05) is 43.5 Å². The van der Waals surface area contributed by atoms with Crippen LogP contribution in [0.3, 0.4) is 0 Å². The lowest BCUT2D eigenvalue weighted by Crippen LogP contribution is -2.20. The van der Waals surface area contributed by atoms with Gasteiger partial charge in [0.05, 0.1) is 0 Å². The summed E-state index contributed by atoms with van der Waals surface area (Å²) in [6.07, 6.45) is 5.18. The molecule has 62 valence electrons. The molecule has 1 fully saturated rings. The Morgan fingerprint density at radius 1 is 1.36 bits per heavy atom. The first kappa shape index (κ1) is 8.31. The molecule has 0 saturated heterocycles. The van der Waals surface area contributed by atoms with Crippen molar-refractivity contribution in [2.24, 2.45) is 17.8 Å². The van der Waals surface area contributed by atoms with Crippen LogP contribution in [0.1, 0.15) is 12.8 Å². The first-order valence-electron chi connectivity index (χ1n) is 4.17. The smallest absolute Gasteiger partial charge is 0.0100 e. The van der Waals surface area contributed by atoms with Gasteiger partial charge in [-0.25, -0.2) is 0 Å². The highest BCUT2D eigenvalue weighted by Gasteiger charge is 2.40. The minimum atomic E-state index is 0.841. The van der Waals surface area contributed by atoms with Crippen LogP contribution in [-0.4, -0.2) is 10.7 Å². The van der Waals surface area contributed by atoms with Crippen molar-refractivity contribution in [1.29, 1.82) is 0 Å². The quantitative estimate of drug-likeness (QED) is 0.537. The Hall–Kier alpha value is 0.700. The zero-order chi connectivity index (χ0) is 7.84. The molecule has 0 aromatic carbocycles. The summed E-state index contributed by atoms with van der Waals surface area (Å²) in [6, 6.07) is 0. The minimum Gasteiger partial charge on any atom is -0.0925 e. The summed E-state index contributed by atoms with van der Waals surface area (Å²) < 4.78 is 0. The number of hydrogen-bond donors (Lipinski definition) is 0. The van der Waals surface area contributed by atoms with Gasteiger partial charge in [0.15, 0.2) is 0 Å². The number of allylic oxidation sites excluding steroid dienone is 2. The standard InChI is InChI=1S/C9H12Br2/c10-4-8-6-1-2-7(3-6)9(8)5-11/h1,7-9H,2-5H2. The van der Waals surface area contributed by atoms with Crippen LogP contribution in [0.25, 0.3) is 0 Å². The van der Waals surface area contributed by atoms with Gasteiger partial charge in [-0.2, -0.15) is 0 Å². The molecule has 0 amide bonds. The zero-order valence-electron chi connectivity index (χ0n) is 6.39. The van der Waals surface area contributed by atoms with Crippen molar-refractivity contribution < 1.29 is 0 Å². The molecule has 2 heteroatoms. The molecule has 0 aliphatic heterocycles. The Morgan fingerprint density at radius 2 is 2.18 bits per heavy atom. The molecule has 0 aromatic rings. The van der Waals surface area contributed by atoms with Gasteiger partial charge in [0.2, 0.25) is 0 Å². The Morgan fingerprint density at radius 3 is 2.73 bits per heavy atom. The average molecular weight is 280 g/mol. The molecule has 0 heterocycles. The van der Waals surface area contributed by atoms with Gasteiger partial charge in [-0.05, 0) is 30.6 Å². The fourth-order valence-electron chi connectivity index (χ4n) is 2.45. The summed E-state index contributed by atoms with van der Waals surface area (Å²) in [5, 5.41) is 2.34. The number of halogens is 2. The molecule has 0 N–H and O–H groups in total. The van der Waals surface area contributed by atoms with E-state index in [9.17, 15) is 0 Å². The topological polar surface area (TPSA) is 0 Å². The number of alkyl halides is 2. The van der Waals surface area contributed by atoms with Crippen LogP contribution in [-0.2, 0) is 0 Å². The fraction of sp³-hybridized carbons (Fsp3) is 0.778. The van der Waals surface area contributed by atoms with E-state index in [4.69, 9.17) is 0 Å². The van der Waals surface area contributed by atoms with E-state index in [1.165, 1.54) is 18.2 Å². The molecule has 0 spiro atoms. The van der Waals surface area contributed by atoms with E-state index in [2.05, 4.69) is 37.9 Å². The number of hydrogen-bond acceptors (Lipinski definition) is 0. The SMILES string of the molecule is BrCC1C2=CCC(C2)C1CBr. The van der Waals surface area contributed by atoms with Gasteiger partial charge in [-0.15, -0.1) is 0 Å². The second kappa shape index (κ2) is 3.21. The third-order valence-corrected chi connectivity index (χ3v) is 4.57. The lowest BCUT2D eigenvalue weighted by Gasteiger charge is -2.23. The summed E-state index contributed by atoms with van der Waals surface area (Å²) in [4.78, 5) is 0. The lowest BCUT2D eigenvalue weighted by molar-refractivity contribution is 0.371. The van der Waals surface area contributed by atoms with Crippen LogP contribution in [0.4, 0.5) is 0 Å². The number of rotatable bonds is 2. The molecule has 1 saturated carbocycles. The summed E-state index contributed by atoms with van der Waals surface area (Å²) in [5.41, 5.74) is 1.72. The largest absolute Gasteiger partial charge is 0.0925 e. The van der Waals surface area contributed by atoms with Crippen molar-refractivity contribution in [3.8, 4) is 0 Å². The van der Waals surface area contributed by atoms with E-state index in [0.717, 1.165) is 23.1 Å². The van der Waals surface area contributed by atoms with E-state index >= 15 is 0 Å². The first-order chi connectivity index (χ1) is 5.36. The summed E-state index contributed by atoms with van der Waals surface area (Å²) in [6.45, 7) is 0. The Bertz CT molecular complexity index is 186. The van der Waals surface area contributed by atoms with Crippen molar-refractivity contribution in [3.63, 3.8) is 0 Å². The molecular weight excluding hydrogens is 268 g/mol. The molecule has 3 unspecified atom stereocenters. The van der Waals surface area contributed by atoms with Gasteiger partial charge in [0, 0.05) is 10.7 Å². The molecule has 2 aliphatic carbocycles. The highest BCUT2D eigenvalue weighted by atomic mass is 79.9. The summed E-state index contributed by atoms with van der Waals surface area (Å²) >= 11 is 7.21. The molecule has 2 rings (SSSR count). The average Bonchev–Trinajstić information content (AvgIpc) is 2.60. The van der Waals surface area contributed by atoms with Gasteiger partial charge >= 0.3 is 0 Å². The molecule has 0 radical (unpaired) electrons. The van der Waals surface area contributed by atoms with Crippen molar-refractivity contribution >= 4 is 31.9 Å². The van der Waals surface area contributed by atoms with Crippen molar-refractivity contribution in [2.45, 2.75) is 12.8 Å². The van der Waals surface area contributed by atoms with E-state index in [0.29, 0.717) is 0 Å². The van der Waals surface area contributed by atoms with Crippen LogP contribution >= 0.6 is 31.9 Å². The van der Waals surface area contributed by atoms with E-state index in [-0.39, 0.29) is 0 Å². The predicted molar refractivity (Wildman–Crippen MR) is 55.4 cm³/mol. The Kier molecular flexibility index (Phi) is 2.43. The van der Waals surface area contributed by atoms with Gasteiger partial charge in [0.1, 0.15) is 0 Å². The van der Waals surface area contributed by atoms with Crippen LogP contribution in [0.2, 0.25) is 0 Å². The zero-order valence-corrected chi connectivity index (χ0v) is 9.57. The summed E-state index contributed by atoms with van der Waals surface area (Å²) in [5.74, 6) is 2.72. The van der Waals surface area contributed by atoms with Crippen LogP contribution in [0, 0.1) is 17.8 Å². The molecule has 3 atom stereocenters. The van der Waals surface area contributed by atoms with Crippen LogP contribution in [0.15, 0.2) is 11.6 Å². The maximum atomic E-state index is 3.61. The van der Waals surface area contributed by atoms with Gasteiger partial charge < -0.3 is 0 Å². The second-order valence-electron chi connectivity index (χ2n) is 3.56. The van der Waals surface area contributed by atoms with E-state index in [1.54, 1.807) is 5.57 Å². The predicted octanol–water partition coefficient (Wildman–Crippen LogP) is 3.36. The Balaban J connectivity index is 2.17.